The molecule has 2 aromatic heterocycles. The number of aromatic nitrogens is 2. The number of carboxylic acids is 1. The summed E-state index contributed by atoms with van der Waals surface area (Å²) in [5, 5.41) is 8.79. The highest BCUT2D eigenvalue weighted by Gasteiger charge is 2.09. The van der Waals surface area contributed by atoms with Crippen LogP contribution in [0.5, 0.6) is 0 Å². The number of nitrogens with zero attached hydrogens (tertiary/aromatic N) is 2. The maximum absolute atomic E-state index is 10.7. The minimum Gasteiger partial charge on any atom is -0.480 e. The van der Waals surface area contributed by atoms with Crippen LogP contribution in [0.15, 0.2) is 22.8 Å². The van der Waals surface area contributed by atoms with Crippen molar-refractivity contribution in [3.8, 4) is 0 Å². The quantitative estimate of drug-likeness (QED) is 0.909. The van der Waals surface area contributed by atoms with Crippen LogP contribution in [-0.2, 0) is 11.3 Å². The van der Waals surface area contributed by atoms with Gasteiger partial charge >= 0.3 is 5.97 Å². The van der Waals surface area contributed by atoms with E-state index in [1.54, 1.807) is 10.8 Å². The van der Waals surface area contributed by atoms with Crippen molar-refractivity contribution >= 4 is 32.9 Å². The molecule has 4 nitrogen and oxygen atoms in total. The van der Waals surface area contributed by atoms with Crippen LogP contribution in [-0.4, -0.2) is 20.6 Å². The summed E-state index contributed by atoms with van der Waals surface area (Å²) in [6, 6.07) is 3.75. The second-order valence-electron chi connectivity index (χ2n) is 3.32. The molecule has 2 heterocycles. The van der Waals surface area contributed by atoms with Crippen LogP contribution in [0.4, 0.5) is 0 Å². The van der Waals surface area contributed by atoms with Crippen LogP contribution in [0.25, 0.3) is 11.0 Å². The molecular formula is C10H9BrN2O2. The standard InChI is InChI=1S/C10H9BrN2O2/c1-6-2-8-9(3-7(11)4-12-8)13(6)5-10(14)15/h2-4H,5H2,1H3,(H,14,15). The number of carboxylic acid groups (broad SMARTS) is 1. The SMILES string of the molecule is Cc1cc2ncc(Br)cc2n1CC(=O)O. The molecule has 0 aromatic carbocycles. The molecule has 0 atom stereocenters. The fraction of sp³-hybridized carbons (Fsp3) is 0.200. The molecule has 0 fully saturated rings. The van der Waals surface area contributed by atoms with E-state index in [1.807, 2.05) is 19.1 Å². The maximum Gasteiger partial charge on any atom is 0.323 e. The van der Waals surface area contributed by atoms with Crippen LogP contribution in [0, 0.1) is 6.92 Å². The van der Waals surface area contributed by atoms with Crippen LogP contribution in [0.2, 0.25) is 0 Å². The van der Waals surface area contributed by atoms with Crippen LogP contribution in [0.1, 0.15) is 5.69 Å². The van der Waals surface area contributed by atoms with Crippen molar-refractivity contribution in [2.24, 2.45) is 0 Å². The molecule has 0 amide bonds. The first-order valence-electron chi connectivity index (χ1n) is 4.41. The molecule has 2 aromatic rings. The van der Waals surface area contributed by atoms with Crippen LogP contribution in [0.3, 0.4) is 0 Å². The molecular weight excluding hydrogens is 260 g/mol. The van der Waals surface area contributed by atoms with E-state index in [-0.39, 0.29) is 6.54 Å². The Morgan fingerprint density at radius 2 is 2.33 bits per heavy atom. The molecule has 0 spiro atoms. The van der Waals surface area contributed by atoms with Crippen molar-refractivity contribution in [1.82, 2.24) is 9.55 Å². The molecule has 0 unspecified atom stereocenters. The molecule has 0 aliphatic heterocycles. The third kappa shape index (κ3) is 1.87. The number of hydrogen-bond acceptors (Lipinski definition) is 2. The highest BCUT2D eigenvalue weighted by Crippen LogP contribution is 2.21. The molecule has 5 heteroatoms. The molecule has 1 N–H and O–H groups in total. The smallest absolute Gasteiger partial charge is 0.323 e. The minimum absolute atomic E-state index is 0.0343. The molecule has 0 aliphatic rings. The van der Waals surface area contributed by atoms with Crippen molar-refractivity contribution in [1.29, 1.82) is 0 Å². The monoisotopic (exact) mass is 268 g/mol. The van der Waals surface area contributed by atoms with Gasteiger partial charge in [-0.3, -0.25) is 9.78 Å². The highest BCUT2D eigenvalue weighted by atomic mass is 79.9. The summed E-state index contributed by atoms with van der Waals surface area (Å²) in [5.74, 6) is -0.851. The number of aryl methyl sites for hydroxylation is 1. The van der Waals surface area contributed by atoms with Gasteiger partial charge in [-0.15, -0.1) is 0 Å². The minimum atomic E-state index is -0.851. The number of pyridine rings is 1. The zero-order chi connectivity index (χ0) is 11.0. The summed E-state index contributed by atoms with van der Waals surface area (Å²) < 4.78 is 2.58. The largest absolute Gasteiger partial charge is 0.480 e. The zero-order valence-corrected chi connectivity index (χ0v) is 9.65. The van der Waals surface area contributed by atoms with Gasteiger partial charge in [-0.1, -0.05) is 0 Å². The van der Waals surface area contributed by atoms with E-state index < -0.39 is 5.97 Å². The van der Waals surface area contributed by atoms with E-state index >= 15 is 0 Å². The van der Waals surface area contributed by atoms with Gasteiger partial charge in [0.2, 0.25) is 0 Å². The Bertz CT molecular complexity index is 533. The van der Waals surface area contributed by atoms with Gasteiger partial charge < -0.3 is 9.67 Å². The summed E-state index contributed by atoms with van der Waals surface area (Å²) in [6.07, 6.45) is 1.70. The van der Waals surface area contributed by atoms with Gasteiger partial charge in [0.1, 0.15) is 6.54 Å². The third-order valence-corrected chi connectivity index (χ3v) is 2.65. The lowest BCUT2D eigenvalue weighted by Crippen LogP contribution is -2.09. The lowest BCUT2D eigenvalue weighted by molar-refractivity contribution is -0.137. The Kier molecular flexibility index (Phi) is 2.48. The summed E-state index contributed by atoms with van der Waals surface area (Å²) in [4.78, 5) is 14.9. The number of fused-ring (bicyclic) bond motifs is 1. The molecule has 0 aliphatic carbocycles. The predicted molar refractivity (Wildman–Crippen MR) is 59.8 cm³/mol. The second kappa shape index (κ2) is 3.66. The Hall–Kier alpha value is -1.36. The summed E-state index contributed by atoms with van der Waals surface area (Å²) in [7, 11) is 0. The Morgan fingerprint density at radius 1 is 1.60 bits per heavy atom. The van der Waals surface area contributed by atoms with Gasteiger partial charge in [0, 0.05) is 16.4 Å². The van der Waals surface area contributed by atoms with E-state index in [2.05, 4.69) is 20.9 Å². The van der Waals surface area contributed by atoms with Crippen molar-refractivity contribution in [3.63, 3.8) is 0 Å². The normalized spacial score (nSPS) is 10.8. The second-order valence-corrected chi connectivity index (χ2v) is 4.24. The van der Waals surface area contributed by atoms with Crippen molar-refractivity contribution < 1.29 is 9.90 Å². The Balaban J connectivity index is 2.65. The fourth-order valence-corrected chi connectivity index (χ4v) is 1.90. The fourth-order valence-electron chi connectivity index (χ4n) is 1.58. The summed E-state index contributed by atoms with van der Waals surface area (Å²) >= 11 is 3.32. The Labute approximate surface area is 94.7 Å². The average molecular weight is 269 g/mol. The molecule has 0 saturated heterocycles. The Morgan fingerprint density at radius 3 is 3.00 bits per heavy atom. The third-order valence-electron chi connectivity index (χ3n) is 2.22. The number of halogens is 1. The molecule has 0 saturated carbocycles. The van der Waals surface area contributed by atoms with Gasteiger partial charge in [0.05, 0.1) is 11.0 Å². The lowest BCUT2D eigenvalue weighted by Gasteiger charge is -2.03. The van der Waals surface area contributed by atoms with E-state index in [0.717, 1.165) is 21.2 Å². The number of hydrogen-bond donors (Lipinski definition) is 1. The topological polar surface area (TPSA) is 55.1 Å². The first kappa shape index (κ1) is 10.2. The first-order chi connectivity index (χ1) is 7.08. The van der Waals surface area contributed by atoms with Crippen LogP contribution >= 0.6 is 15.9 Å². The van der Waals surface area contributed by atoms with Gasteiger partial charge in [-0.25, -0.2) is 0 Å². The van der Waals surface area contributed by atoms with Crippen molar-refractivity contribution in [2.45, 2.75) is 13.5 Å². The number of carbonyl (C=O) groups is 1. The number of aliphatic carboxylic acids is 1. The zero-order valence-electron chi connectivity index (χ0n) is 8.07. The van der Waals surface area contributed by atoms with Gasteiger partial charge in [-0.2, -0.15) is 0 Å². The van der Waals surface area contributed by atoms with Gasteiger partial charge in [0.15, 0.2) is 0 Å². The average Bonchev–Trinajstić information content (AvgIpc) is 2.43. The maximum atomic E-state index is 10.7. The van der Waals surface area contributed by atoms with Crippen molar-refractivity contribution in [2.75, 3.05) is 0 Å². The molecule has 78 valence electrons. The molecule has 2 rings (SSSR count). The molecule has 0 radical (unpaired) electrons. The van der Waals surface area contributed by atoms with Gasteiger partial charge in [-0.05, 0) is 35.0 Å². The summed E-state index contributed by atoms with van der Waals surface area (Å²) in [6.45, 7) is 1.84. The predicted octanol–water partition coefficient (Wildman–Crippen LogP) is 2.19. The number of rotatable bonds is 2. The summed E-state index contributed by atoms with van der Waals surface area (Å²) in [5.41, 5.74) is 2.55. The van der Waals surface area contributed by atoms with Gasteiger partial charge in [0.25, 0.3) is 0 Å². The van der Waals surface area contributed by atoms with E-state index in [9.17, 15) is 4.79 Å². The lowest BCUT2D eigenvalue weighted by atomic mass is 10.4. The van der Waals surface area contributed by atoms with E-state index in [0.29, 0.717) is 0 Å². The van der Waals surface area contributed by atoms with Crippen LogP contribution < -0.4 is 0 Å². The van der Waals surface area contributed by atoms with Crippen molar-refractivity contribution in [3.05, 3.63) is 28.5 Å². The highest BCUT2D eigenvalue weighted by molar-refractivity contribution is 9.10. The van der Waals surface area contributed by atoms with E-state index in [1.165, 1.54) is 0 Å². The first-order valence-corrected chi connectivity index (χ1v) is 5.20. The van der Waals surface area contributed by atoms with E-state index in [4.69, 9.17) is 5.11 Å². The molecule has 0 bridgehead atoms. The molecule has 15 heavy (non-hydrogen) atoms.